The van der Waals surface area contributed by atoms with Gasteiger partial charge >= 0.3 is 6.18 Å². The Morgan fingerprint density at radius 1 is 1.04 bits per heavy atom. The second-order valence-corrected chi connectivity index (χ2v) is 5.34. The van der Waals surface area contributed by atoms with E-state index in [0.717, 1.165) is 17.7 Å². The number of H-pyrrole nitrogens is 1. The Kier molecular flexibility index (Phi) is 4.83. The van der Waals surface area contributed by atoms with Gasteiger partial charge in [-0.2, -0.15) is 18.3 Å². The standard InChI is InChI=1S/C18H13F3N4O/c19-18(20,21)14-8-4-5-12(9-14)11-22-25-17-23-15(10-16(26)24-17)13-6-2-1-3-7-13/h1-11H,(H2,23,24,25,26)/b22-11-. The van der Waals surface area contributed by atoms with Gasteiger partial charge in [-0.1, -0.05) is 42.5 Å². The lowest BCUT2D eigenvalue weighted by Crippen LogP contribution is -2.10. The monoisotopic (exact) mass is 358 g/mol. The molecular formula is C18H13F3N4O. The van der Waals surface area contributed by atoms with Gasteiger partial charge in [-0.25, -0.2) is 10.4 Å². The predicted octanol–water partition coefficient (Wildman–Crippen LogP) is 3.90. The van der Waals surface area contributed by atoms with Gasteiger partial charge in [0.2, 0.25) is 5.95 Å². The lowest BCUT2D eigenvalue weighted by molar-refractivity contribution is -0.137. The highest BCUT2D eigenvalue weighted by molar-refractivity contribution is 5.80. The van der Waals surface area contributed by atoms with E-state index in [1.54, 1.807) is 12.1 Å². The fraction of sp³-hybridized carbons (Fsp3) is 0.0556. The zero-order valence-electron chi connectivity index (χ0n) is 13.3. The van der Waals surface area contributed by atoms with Crippen LogP contribution < -0.4 is 11.0 Å². The van der Waals surface area contributed by atoms with Crippen molar-refractivity contribution in [2.24, 2.45) is 5.10 Å². The number of hydrogen-bond acceptors (Lipinski definition) is 4. The summed E-state index contributed by atoms with van der Waals surface area (Å²) >= 11 is 0. The van der Waals surface area contributed by atoms with Crippen LogP contribution in [0.25, 0.3) is 11.3 Å². The Morgan fingerprint density at radius 2 is 1.81 bits per heavy atom. The lowest BCUT2D eigenvalue weighted by Gasteiger charge is -2.06. The van der Waals surface area contributed by atoms with Gasteiger partial charge in [0.25, 0.3) is 5.56 Å². The van der Waals surface area contributed by atoms with Gasteiger partial charge in [-0.15, -0.1) is 0 Å². The summed E-state index contributed by atoms with van der Waals surface area (Å²) in [4.78, 5) is 18.5. The molecule has 0 bridgehead atoms. The summed E-state index contributed by atoms with van der Waals surface area (Å²) in [5.74, 6) is 0.0829. The molecule has 0 fully saturated rings. The van der Waals surface area contributed by atoms with E-state index in [9.17, 15) is 18.0 Å². The number of benzene rings is 2. The van der Waals surface area contributed by atoms with Crippen LogP contribution in [-0.2, 0) is 6.18 Å². The van der Waals surface area contributed by atoms with E-state index >= 15 is 0 Å². The molecule has 3 rings (SSSR count). The summed E-state index contributed by atoms with van der Waals surface area (Å²) in [6.07, 6.45) is -3.21. The van der Waals surface area contributed by atoms with Crippen molar-refractivity contribution >= 4 is 12.2 Å². The molecule has 132 valence electrons. The number of aromatic amines is 1. The van der Waals surface area contributed by atoms with Crippen molar-refractivity contribution in [3.05, 3.63) is 82.1 Å². The van der Waals surface area contributed by atoms with Crippen molar-refractivity contribution in [3.63, 3.8) is 0 Å². The number of anilines is 1. The van der Waals surface area contributed by atoms with Crippen LogP contribution in [0.5, 0.6) is 0 Å². The minimum absolute atomic E-state index is 0.0829. The Bertz CT molecular complexity index is 981. The highest BCUT2D eigenvalue weighted by Crippen LogP contribution is 2.29. The molecule has 2 N–H and O–H groups in total. The molecule has 0 radical (unpaired) electrons. The zero-order chi connectivity index (χ0) is 18.6. The molecule has 5 nitrogen and oxygen atoms in total. The second kappa shape index (κ2) is 7.22. The number of halogens is 3. The molecule has 2 aromatic carbocycles. The Morgan fingerprint density at radius 3 is 2.54 bits per heavy atom. The van der Waals surface area contributed by atoms with Crippen molar-refractivity contribution in [1.29, 1.82) is 0 Å². The Labute approximate surface area is 146 Å². The van der Waals surface area contributed by atoms with Crippen LogP contribution in [0.2, 0.25) is 0 Å². The molecule has 1 aromatic heterocycles. The second-order valence-electron chi connectivity index (χ2n) is 5.34. The number of nitrogens with zero attached hydrogens (tertiary/aromatic N) is 2. The normalized spacial score (nSPS) is 11.7. The maximum Gasteiger partial charge on any atom is 0.416 e. The van der Waals surface area contributed by atoms with Crippen molar-refractivity contribution < 1.29 is 13.2 Å². The molecule has 0 aliphatic heterocycles. The van der Waals surface area contributed by atoms with Crippen LogP contribution >= 0.6 is 0 Å². The topological polar surface area (TPSA) is 70.1 Å². The van der Waals surface area contributed by atoms with E-state index in [1.807, 2.05) is 18.2 Å². The molecule has 0 unspecified atom stereocenters. The fourth-order valence-corrected chi connectivity index (χ4v) is 2.23. The molecule has 0 atom stereocenters. The van der Waals surface area contributed by atoms with Gasteiger partial charge in [0.15, 0.2) is 0 Å². The molecule has 0 saturated carbocycles. The summed E-state index contributed by atoms with van der Waals surface area (Å²) in [6, 6.07) is 15.2. The van der Waals surface area contributed by atoms with Crippen LogP contribution in [0.15, 0.2) is 70.6 Å². The fourth-order valence-electron chi connectivity index (χ4n) is 2.23. The minimum Gasteiger partial charge on any atom is -0.291 e. The SMILES string of the molecule is O=c1cc(-c2ccccc2)nc(N/N=C\c2cccc(C(F)(F)F)c2)[nH]1. The van der Waals surface area contributed by atoms with Crippen LogP contribution in [0.1, 0.15) is 11.1 Å². The number of rotatable bonds is 4. The third kappa shape index (κ3) is 4.35. The van der Waals surface area contributed by atoms with E-state index in [4.69, 9.17) is 0 Å². The third-order valence-corrected chi connectivity index (χ3v) is 3.41. The summed E-state index contributed by atoms with van der Waals surface area (Å²) < 4.78 is 38.1. The zero-order valence-corrected chi connectivity index (χ0v) is 13.3. The number of hydrazone groups is 1. The summed E-state index contributed by atoms with van der Waals surface area (Å²) in [5, 5.41) is 3.84. The van der Waals surface area contributed by atoms with Gasteiger partial charge < -0.3 is 0 Å². The Balaban J connectivity index is 1.79. The van der Waals surface area contributed by atoms with Crippen molar-refractivity contribution in [1.82, 2.24) is 9.97 Å². The molecule has 26 heavy (non-hydrogen) atoms. The third-order valence-electron chi connectivity index (χ3n) is 3.41. The predicted molar refractivity (Wildman–Crippen MR) is 93.0 cm³/mol. The van der Waals surface area contributed by atoms with Gasteiger partial charge in [0.1, 0.15) is 0 Å². The highest BCUT2D eigenvalue weighted by Gasteiger charge is 2.30. The molecule has 0 aliphatic rings. The molecule has 0 amide bonds. The van der Waals surface area contributed by atoms with Gasteiger partial charge in [-0.05, 0) is 17.7 Å². The van der Waals surface area contributed by atoms with Crippen molar-refractivity contribution in [2.75, 3.05) is 5.43 Å². The highest BCUT2D eigenvalue weighted by atomic mass is 19.4. The summed E-state index contributed by atoms with van der Waals surface area (Å²) in [7, 11) is 0. The van der Waals surface area contributed by atoms with Crippen LogP contribution in [0.3, 0.4) is 0 Å². The first-order valence-corrected chi connectivity index (χ1v) is 7.55. The first-order chi connectivity index (χ1) is 12.4. The first-order valence-electron chi connectivity index (χ1n) is 7.55. The van der Waals surface area contributed by atoms with Gasteiger partial charge in [0, 0.05) is 11.6 Å². The number of aromatic nitrogens is 2. The molecular weight excluding hydrogens is 345 g/mol. The Hall–Kier alpha value is -3.42. The minimum atomic E-state index is -4.42. The number of hydrogen-bond donors (Lipinski definition) is 2. The molecule has 0 aliphatic carbocycles. The van der Waals surface area contributed by atoms with Crippen molar-refractivity contribution in [2.45, 2.75) is 6.18 Å². The molecule has 0 saturated heterocycles. The van der Waals surface area contributed by atoms with Crippen LogP contribution in [0.4, 0.5) is 19.1 Å². The van der Waals surface area contributed by atoms with Crippen LogP contribution in [0, 0.1) is 0 Å². The van der Waals surface area contributed by atoms with E-state index in [2.05, 4.69) is 20.5 Å². The summed E-state index contributed by atoms with van der Waals surface area (Å²) in [5.41, 5.74) is 2.84. The maximum atomic E-state index is 12.7. The summed E-state index contributed by atoms with van der Waals surface area (Å²) in [6.45, 7) is 0. The first kappa shape index (κ1) is 17.4. The van der Waals surface area contributed by atoms with Gasteiger partial charge in [0.05, 0.1) is 17.5 Å². The van der Waals surface area contributed by atoms with E-state index < -0.39 is 11.7 Å². The quantitative estimate of drug-likeness (QED) is 0.549. The molecule has 8 heteroatoms. The maximum absolute atomic E-state index is 12.7. The molecule has 0 spiro atoms. The number of alkyl halides is 3. The van der Waals surface area contributed by atoms with Gasteiger partial charge in [-0.3, -0.25) is 9.78 Å². The molecule has 1 heterocycles. The lowest BCUT2D eigenvalue weighted by atomic mass is 10.1. The smallest absolute Gasteiger partial charge is 0.291 e. The van der Waals surface area contributed by atoms with Crippen LogP contribution in [-0.4, -0.2) is 16.2 Å². The average Bonchev–Trinajstić information content (AvgIpc) is 2.62. The average molecular weight is 358 g/mol. The largest absolute Gasteiger partial charge is 0.416 e. The van der Waals surface area contributed by atoms with Crippen molar-refractivity contribution in [3.8, 4) is 11.3 Å². The van der Waals surface area contributed by atoms with E-state index in [-0.39, 0.29) is 17.1 Å². The number of nitrogens with one attached hydrogen (secondary N) is 2. The molecule has 3 aromatic rings. The van der Waals surface area contributed by atoms with E-state index in [1.165, 1.54) is 24.4 Å². The van der Waals surface area contributed by atoms with E-state index in [0.29, 0.717) is 5.69 Å².